The largest absolute Gasteiger partial charge is 0.309 e. The average molecular weight is 353 g/mol. The smallest absolute Gasteiger partial charge is 0.232 e. The second kappa shape index (κ2) is 9.88. The molecule has 0 fully saturated rings. The van der Waals surface area contributed by atoms with Crippen molar-refractivity contribution in [3.63, 3.8) is 0 Å². The molecular weight excluding hydrogens is 320 g/mol. The predicted molar refractivity (Wildman–Crippen MR) is 101 cm³/mol. The van der Waals surface area contributed by atoms with Crippen LogP contribution in [-0.4, -0.2) is 12.5 Å². The Hall–Kier alpha value is -1.45. The topological polar surface area (TPSA) is 20.3 Å². The van der Waals surface area contributed by atoms with Crippen LogP contribution in [-0.2, 0) is 4.79 Å². The minimum Gasteiger partial charge on any atom is -0.309 e. The fourth-order valence-electron chi connectivity index (χ4n) is 3.26. The molecule has 0 aliphatic heterocycles. The van der Waals surface area contributed by atoms with Gasteiger partial charge in [-0.15, -0.1) is 0 Å². The van der Waals surface area contributed by atoms with E-state index in [1.165, 1.54) is 12.1 Å². The van der Waals surface area contributed by atoms with Crippen molar-refractivity contribution in [1.29, 1.82) is 0 Å². The van der Waals surface area contributed by atoms with Crippen LogP contribution >= 0.6 is 0 Å². The normalized spacial score (nSPS) is 12.9. The minimum atomic E-state index is -0.675. The highest BCUT2D eigenvalue weighted by molar-refractivity contribution is 5.97. The molecule has 142 valence electrons. The quantitative estimate of drug-likeness (QED) is 0.480. The van der Waals surface area contributed by atoms with E-state index in [4.69, 9.17) is 0 Å². The van der Waals surface area contributed by atoms with Crippen LogP contribution in [0, 0.1) is 23.0 Å². The number of hydrogen-bond acceptors (Lipinski definition) is 1. The first kappa shape index (κ1) is 21.6. The number of anilines is 1. The van der Waals surface area contributed by atoms with Crippen molar-refractivity contribution < 1.29 is 13.6 Å². The lowest BCUT2D eigenvalue weighted by atomic mass is 9.85. The Balaban J connectivity index is 3.19. The number of halogens is 2. The molecule has 1 amide bonds. The van der Waals surface area contributed by atoms with Gasteiger partial charge in [0.15, 0.2) is 0 Å². The van der Waals surface area contributed by atoms with Gasteiger partial charge in [0, 0.05) is 18.0 Å². The molecule has 0 aromatic heterocycles. The summed E-state index contributed by atoms with van der Waals surface area (Å²) in [5.74, 6) is -1.08. The second-order valence-corrected chi connectivity index (χ2v) is 7.56. The van der Waals surface area contributed by atoms with Gasteiger partial charge in [-0.25, -0.2) is 8.78 Å². The van der Waals surface area contributed by atoms with Gasteiger partial charge in [0.1, 0.15) is 11.6 Å². The average Bonchev–Trinajstić information content (AvgIpc) is 2.55. The zero-order valence-electron chi connectivity index (χ0n) is 16.4. The third-order valence-corrected chi connectivity index (χ3v) is 4.88. The third-order valence-electron chi connectivity index (χ3n) is 4.88. The molecular formula is C21H33F2NO. The number of benzene rings is 1. The summed E-state index contributed by atoms with van der Waals surface area (Å²) in [6.07, 6.45) is 5.73. The monoisotopic (exact) mass is 353 g/mol. The molecule has 0 radical (unpaired) electrons. The molecule has 0 saturated carbocycles. The maximum atomic E-state index is 14.4. The third kappa shape index (κ3) is 6.09. The van der Waals surface area contributed by atoms with E-state index in [9.17, 15) is 13.6 Å². The van der Waals surface area contributed by atoms with Crippen molar-refractivity contribution in [2.45, 2.75) is 73.1 Å². The zero-order chi connectivity index (χ0) is 19.0. The van der Waals surface area contributed by atoms with Gasteiger partial charge in [0.25, 0.3) is 0 Å². The van der Waals surface area contributed by atoms with Crippen LogP contribution in [0.5, 0.6) is 0 Å². The molecule has 0 aliphatic carbocycles. The van der Waals surface area contributed by atoms with E-state index in [0.717, 1.165) is 44.6 Å². The summed E-state index contributed by atoms with van der Waals surface area (Å²) >= 11 is 0. The molecule has 0 spiro atoms. The van der Waals surface area contributed by atoms with E-state index < -0.39 is 17.0 Å². The van der Waals surface area contributed by atoms with E-state index >= 15 is 0 Å². The number of carbonyl (C=O) groups is 1. The number of rotatable bonds is 10. The highest BCUT2D eigenvalue weighted by Gasteiger charge is 2.34. The van der Waals surface area contributed by atoms with Crippen LogP contribution in [0.15, 0.2) is 18.2 Å². The van der Waals surface area contributed by atoms with Gasteiger partial charge in [-0.2, -0.15) is 0 Å². The molecule has 2 nitrogen and oxygen atoms in total. The molecule has 0 N–H and O–H groups in total. The number of unbranched alkanes of at least 4 members (excludes halogenated alkanes) is 1. The fourth-order valence-corrected chi connectivity index (χ4v) is 3.26. The summed E-state index contributed by atoms with van der Waals surface area (Å²) in [6.45, 7) is 10.6. The summed E-state index contributed by atoms with van der Waals surface area (Å²) in [6, 6.07) is 3.46. The first-order chi connectivity index (χ1) is 11.8. The van der Waals surface area contributed by atoms with Crippen molar-refractivity contribution >= 4 is 11.6 Å². The molecule has 1 aromatic rings. The van der Waals surface area contributed by atoms with E-state index in [-0.39, 0.29) is 11.6 Å². The zero-order valence-corrected chi connectivity index (χ0v) is 16.4. The molecule has 1 rings (SSSR count). The molecule has 0 aliphatic rings. The summed E-state index contributed by atoms with van der Waals surface area (Å²) in [5, 5.41) is 0. The van der Waals surface area contributed by atoms with E-state index in [1.807, 2.05) is 20.8 Å². The van der Waals surface area contributed by atoms with Gasteiger partial charge in [0.05, 0.1) is 5.69 Å². The van der Waals surface area contributed by atoms with Crippen molar-refractivity contribution in [2.24, 2.45) is 11.3 Å². The van der Waals surface area contributed by atoms with Gasteiger partial charge < -0.3 is 4.90 Å². The van der Waals surface area contributed by atoms with Gasteiger partial charge in [-0.3, -0.25) is 4.79 Å². The molecule has 0 bridgehead atoms. The Morgan fingerprint density at radius 3 is 2.36 bits per heavy atom. The number of nitrogens with zero attached hydrogens (tertiary/aromatic N) is 1. The van der Waals surface area contributed by atoms with Crippen LogP contribution in [0.1, 0.15) is 73.1 Å². The summed E-state index contributed by atoms with van der Waals surface area (Å²) < 4.78 is 27.7. The lowest BCUT2D eigenvalue weighted by molar-refractivity contribution is -0.127. The number of hydrogen-bond donors (Lipinski definition) is 0. The van der Waals surface area contributed by atoms with Crippen molar-refractivity contribution in [3.05, 3.63) is 29.8 Å². The van der Waals surface area contributed by atoms with Crippen LogP contribution < -0.4 is 4.90 Å². The highest BCUT2D eigenvalue weighted by Crippen LogP contribution is 2.31. The number of carbonyl (C=O) groups excluding carboxylic acids is 1. The van der Waals surface area contributed by atoms with Gasteiger partial charge in [0.2, 0.25) is 5.91 Å². The Morgan fingerprint density at radius 2 is 1.84 bits per heavy atom. The Kier molecular flexibility index (Phi) is 8.54. The standard InChI is InChI=1S/C21H33F2NO/c1-6-9-10-16(8-3)15-24(20(25)21(4,5)13-7-2)19-12-11-17(22)14-18(19)23/h11-12,14,16H,6-10,13,15H2,1-5H3. The summed E-state index contributed by atoms with van der Waals surface area (Å²) in [7, 11) is 0. The lowest BCUT2D eigenvalue weighted by Crippen LogP contribution is -2.44. The van der Waals surface area contributed by atoms with Gasteiger partial charge in [-0.05, 0) is 30.9 Å². The van der Waals surface area contributed by atoms with E-state index in [0.29, 0.717) is 12.5 Å². The molecule has 0 saturated heterocycles. The Bertz CT molecular complexity index is 557. The Morgan fingerprint density at radius 1 is 1.16 bits per heavy atom. The lowest BCUT2D eigenvalue weighted by Gasteiger charge is -2.34. The SMILES string of the molecule is CCCCC(CC)CN(C(=O)C(C)(C)CCC)c1ccc(F)cc1F. The van der Waals surface area contributed by atoms with Gasteiger partial charge in [-0.1, -0.05) is 60.3 Å². The Labute approximate surface area is 151 Å². The fraction of sp³-hybridized carbons (Fsp3) is 0.667. The first-order valence-electron chi connectivity index (χ1n) is 9.53. The molecule has 25 heavy (non-hydrogen) atoms. The predicted octanol–water partition coefficient (Wildman–Crippen LogP) is 6.34. The van der Waals surface area contributed by atoms with Crippen molar-refractivity contribution in [1.82, 2.24) is 0 Å². The van der Waals surface area contributed by atoms with E-state index in [1.54, 1.807) is 4.90 Å². The van der Waals surface area contributed by atoms with Crippen LogP contribution in [0.4, 0.5) is 14.5 Å². The molecule has 4 heteroatoms. The molecule has 0 heterocycles. The maximum absolute atomic E-state index is 14.4. The first-order valence-corrected chi connectivity index (χ1v) is 9.53. The van der Waals surface area contributed by atoms with Crippen molar-refractivity contribution in [3.8, 4) is 0 Å². The van der Waals surface area contributed by atoms with Crippen LogP contribution in [0.3, 0.4) is 0 Å². The van der Waals surface area contributed by atoms with Crippen molar-refractivity contribution in [2.75, 3.05) is 11.4 Å². The number of amides is 1. The van der Waals surface area contributed by atoms with E-state index in [2.05, 4.69) is 13.8 Å². The highest BCUT2D eigenvalue weighted by atomic mass is 19.1. The van der Waals surface area contributed by atoms with Gasteiger partial charge >= 0.3 is 0 Å². The van der Waals surface area contributed by atoms with Crippen LogP contribution in [0.2, 0.25) is 0 Å². The molecule has 1 unspecified atom stereocenters. The second-order valence-electron chi connectivity index (χ2n) is 7.56. The van der Waals surface area contributed by atoms with Crippen LogP contribution in [0.25, 0.3) is 0 Å². The summed E-state index contributed by atoms with van der Waals surface area (Å²) in [4.78, 5) is 14.7. The summed E-state index contributed by atoms with van der Waals surface area (Å²) in [5.41, 5.74) is -0.385. The molecule has 1 aromatic carbocycles. The maximum Gasteiger partial charge on any atom is 0.232 e. The minimum absolute atomic E-state index is 0.0881. The molecule has 1 atom stereocenters.